The van der Waals surface area contributed by atoms with Crippen LogP contribution in [0.4, 0.5) is 0 Å². The molecule has 0 amide bonds. The van der Waals surface area contributed by atoms with Crippen molar-refractivity contribution >= 4 is 21.4 Å². The molecule has 0 bridgehead atoms. The van der Waals surface area contributed by atoms with Gasteiger partial charge in [0.2, 0.25) is 0 Å². The summed E-state index contributed by atoms with van der Waals surface area (Å²) in [7, 11) is 0. The molecule has 0 fully saturated rings. The van der Waals surface area contributed by atoms with Crippen molar-refractivity contribution in [3.63, 3.8) is 0 Å². The molecule has 0 spiro atoms. The first-order valence-electron chi connectivity index (χ1n) is 10.3. The van der Waals surface area contributed by atoms with E-state index in [1.54, 1.807) is 6.20 Å². The Kier molecular flexibility index (Phi) is 6.71. The lowest BCUT2D eigenvalue weighted by Crippen LogP contribution is -2.08. The lowest BCUT2D eigenvalue weighted by molar-refractivity contribution is 0.112. The highest BCUT2D eigenvalue weighted by molar-refractivity contribution is 7.17. The van der Waals surface area contributed by atoms with Gasteiger partial charge in [-0.15, -0.1) is 11.3 Å². The molecule has 0 aliphatic carbocycles. The number of rotatable bonds is 9. The van der Waals surface area contributed by atoms with E-state index in [1.165, 1.54) is 21.2 Å². The second-order valence-corrected chi connectivity index (χ2v) is 8.55. The van der Waals surface area contributed by atoms with Gasteiger partial charge >= 0.3 is 0 Å². The number of hydrogen-bond donors (Lipinski definition) is 0. The Balaban J connectivity index is 1.43. The molecule has 148 valence electrons. The maximum Gasteiger partial charge on any atom is 0.0731 e. The summed E-state index contributed by atoms with van der Waals surface area (Å²) in [6.45, 7) is 3.74. The van der Waals surface area contributed by atoms with Crippen LogP contribution in [0.15, 0.2) is 84.5 Å². The highest BCUT2D eigenvalue weighted by Gasteiger charge is 2.19. The quantitative estimate of drug-likeness (QED) is 0.277. The van der Waals surface area contributed by atoms with Crippen LogP contribution in [0.2, 0.25) is 0 Å². The SMILES string of the molecule is C[C@@H](C[C@H](CCOCc1cccnc1)c1ccccc1)c1csc2ccccc12. The lowest BCUT2D eigenvalue weighted by Gasteiger charge is -2.22. The van der Waals surface area contributed by atoms with Crippen LogP contribution in [0.1, 0.15) is 48.3 Å². The van der Waals surface area contributed by atoms with Gasteiger partial charge in [0, 0.05) is 23.7 Å². The summed E-state index contributed by atoms with van der Waals surface area (Å²) < 4.78 is 7.36. The van der Waals surface area contributed by atoms with Crippen molar-refractivity contribution in [2.45, 2.75) is 38.2 Å². The van der Waals surface area contributed by atoms with E-state index in [0.29, 0.717) is 18.4 Å². The Labute approximate surface area is 177 Å². The standard InChI is InChI=1S/C26H27NOS/c1-20(25-19-29-26-12-6-5-11-24(25)26)16-23(22-9-3-2-4-10-22)13-15-28-18-21-8-7-14-27-17-21/h2-12,14,17,19-20,23H,13,15-16,18H2,1H3/t20-,23-/m0/s1. The molecule has 2 heterocycles. The van der Waals surface area contributed by atoms with Crippen molar-refractivity contribution < 1.29 is 4.74 Å². The summed E-state index contributed by atoms with van der Waals surface area (Å²) in [6, 6.07) is 23.6. The Bertz CT molecular complexity index is 1010. The molecule has 2 atom stereocenters. The number of benzene rings is 2. The molecule has 0 saturated heterocycles. The minimum absolute atomic E-state index is 0.485. The van der Waals surface area contributed by atoms with Crippen molar-refractivity contribution in [2.75, 3.05) is 6.61 Å². The third-order valence-corrected chi connectivity index (χ3v) is 6.53. The smallest absolute Gasteiger partial charge is 0.0731 e. The van der Waals surface area contributed by atoms with Crippen molar-refractivity contribution in [1.82, 2.24) is 4.98 Å². The third kappa shape index (κ3) is 5.11. The van der Waals surface area contributed by atoms with Gasteiger partial charge in [0.25, 0.3) is 0 Å². The van der Waals surface area contributed by atoms with Gasteiger partial charge in [-0.25, -0.2) is 0 Å². The first-order valence-corrected chi connectivity index (χ1v) is 11.2. The predicted molar refractivity (Wildman–Crippen MR) is 123 cm³/mol. The molecule has 4 rings (SSSR count). The van der Waals surface area contributed by atoms with Crippen LogP contribution >= 0.6 is 11.3 Å². The van der Waals surface area contributed by atoms with Crippen molar-refractivity contribution in [3.05, 3.63) is 101 Å². The van der Waals surface area contributed by atoms with Gasteiger partial charge in [-0.1, -0.05) is 61.5 Å². The van der Waals surface area contributed by atoms with Gasteiger partial charge in [0.15, 0.2) is 0 Å². The van der Waals surface area contributed by atoms with E-state index in [1.807, 2.05) is 23.6 Å². The normalized spacial score (nSPS) is 13.4. The Morgan fingerprint density at radius 2 is 1.79 bits per heavy atom. The number of hydrogen-bond acceptors (Lipinski definition) is 3. The van der Waals surface area contributed by atoms with Crippen molar-refractivity contribution in [3.8, 4) is 0 Å². The first-order chi connectivity index (χ1) is 14.3. The Morgan fingerprint density at radius 1 is 0.966 bits per heavy atom. The number of ether oxygens (including phenoxy) is 1. The maximum absolute atomic E-state index is 5.98. The molecule has 4 aromatic rings. The lowest BCUT2D eigenvalue weighted by atomic mass is 9.84. The van der Waals surface area contributed by atoms with Gasteiger partial charge in [-0.3, -0.25) is 4.98 Å². The van der Waals surface area contributed by atoms with E-state index in [2.05, 4.69) is 78.0 Å². The molecular weight excluding hydrogens is 374 g/mol. The fraction of sp³-hybridized carbons (Fsp3) is 0.269. The van der Waals surface area contributed by atoms with Gasteiger partial charge in [0.1, 0.15) is 0 Å². The molecular formula is C26H27NOS. The van der Waals surface area contributed by atoms with Crippen LogP contribution in [0.5, 0.6) is 0 Å². The maximum atomic E-state index is 5.98. The number of thiophene rings is 1. The number of nitrogens with zero attached hydrogens (tertiary/aromatic N) is 1. The molecule has 0 aliphatic heterocycles. The zero-order chi connectivity index (χ0) is 19.9. The number of pyridine rings is 1. The summed E-state index contributed by atoms with van der Waals surface area (Å²) in [5, 5.41) is 3.75. The molecule has 29 heavy (non-hydrogen) atoms. The monoisotopic (exact) mass is 401 g/mol. The van der Waals surface area contributed by atoms with E-state index in [9.17, 15) is 0 Å². The van der Waals surface area contributed by atoms with Crippen molar-refractivity contribution in [1.29, 1.82) is 0 Å². The zero-order valence-corrected chi connectivity index (χ0v) is 17.6. The zero-order valence-electron chi connectivity index (χ0n) is 16.8. The summed E-state index contributed by atoms with van der Waals surface area (Å²) in [6.07, 6.45) is 5.82. The minimum atomic E-state index is 0.485. The molecule has 0 aliphatic rings. The average Bonchev–Trinajstić information content (AvgIpc) is 3.21. The predicted octanol–water partition coefficient (Wildman–Crippen LogP) is 7.18. The second-order valence-electron chi connectivity index (χ2n) is 7.63. The fourth-order valence-electron chi connectivity index (χ4n) is 3.98. The molecule has 0 N–H and O–H groups in total. The Morgan fingerprint density at radius 3 is 2.62 bits per heavy atom. The second kappa shape index (κ2) is 9.82. The van der Waals surface area contributed by atoms with E-state index in [4.69, 9.17) is 4.74 Å². The first kappa shape index (κ1) is 19.8. The molecule has 0 saturated carbocycles. The van der Waals surface area contributed by atoms with Crippen LogP contribution in [-0.4, -0.2) is 11.6 Å². The number of aromatic nitrogens is 1. The van der Waals surface area contributed by atoms with Gasteiger partial charge in [-0.2, -0.15) is 0 Å². The summed E-state index contributed by atoms with van der Waals surface area (Å²) in [5.74, 6) is 0.994. The highest BCUT2D eigenvalue weighted by Crippen LogP contribution is 2.37. The van der Waals surface area contributed by atoms with Crippen LogP contribution < -0.4 is 0 Å². The number of fused-ring (bicyclic) bond motifs is 1. The van der Waals surface area contributed by atoms with E-state index >= 15 is 0 Å². The van der Waals surface area contributed by atoms with Crippen molar-refractivity contribution in [2.24, 2.45) is 0 Å². The summed E-state index contributed by atoms with van der Waals surface area (Å²) >= 11 is 1.85. The van der Waals surface area contributed by atoms with Crippen LogP contribution in [0.3, 0.4) is 0 Å². The van der Waals surface area contributed by atoms with Crippen LogP contribution in [0.25, 0.3) is 10.1 Å². The molecule has 0 unspecified atom stereocenters. The van der Waals surface area contributed by atoms with Gasteiger partial charge < -0.3 is 4.74 Å². The average molecular weight is 402 g/mol. The topological polar surface area (TPSA) is 22.1 Å². The van der Waals surface area contributed by atoms with E-state index in [-0.39, 0.29) is 0 Å². The minimum Gasteiger partial charge on any atom is -0.377 e. The van der Waals surface area contributed by atoms with Crippen LogP contribution in [-0.2, 0) is 11.3 Å². The van der Waals surface area contributed by atoms with E-state index < -0.39 is 0 Å². The molecule has 2 aromatic heterocycles. The largest absolute Gasteiger partial charge is 0.377 e. The van der Waals surface area contributed by atoms with Gasteiger partial charge in [0.05, 0.1) is 6.61 Å². The molecule has 0 radical (unpaired) electrons. The summed E-state index contributed by atoms with van der Waals surface area (Å²) in [5.41, 5.74) is 4.01. The molecule has 3 heteroatoms. The van der Waals surface area contributed by atoms with Crippen LogP contribution in [0, 0.1) is 0 Å². The molecule has 2 nitrogen and oxygen atoms in total. The fourth-order valence-corrected chi connectivity index (χ4v) is 5.06. The highest BCUT2D eigenvalue weighted by atomic mass is 32.1. The summed E-state index contributed by atoms with van der Waals surface area (Å²) in [4.78, 5) is 4.16. The van der Waals surface area contributed by atoms with E-state index in [0.717, 1.165) is 25.0 Å². The van der Waals surface area contributed by atoms with Gasteiger partial charge in [-0.05, 0) is 64.3 Å². The third-order valence-electron chi connectivity index (χ3n) is 5.55. The molecule has 2 aromatic carbocycles. The Hall–Kier alpha value is -2.49.